The molecule has 0 amide bonds. The summed E-state index contributed by atoms with van der Waals surface area (Å²) in [7, 11) is 0. The predicted octanol–water partition coefficient (Wildman–Crippen LogP) is 1.46. The zero-order valence-corrected chi connectivity index (χ0v) is 9.02. The Kier molecular flexibility index (Phi) is 3.09. The summed E-state index contributed by atoms with van der Waals surface area (Å²) in [4.78, 5) is 11.2. The van der Waals surface area contributed by atoms with Crippen LogP contribution in [0, 0.1) is 0 Å². The number of nitrogens with zero attached hydrogens (tertiary/aromatic N) is 2. The first-order valence-corrected chi connectivity index (χ1v) is 5.16. The first-order valence-electron chi connectivity index (χ1n) is 5.16. The molecule has 5 heteroatoms. The van der Waals surface area contributed by atoms with Crippen molar-refractivity contribution in [2.45, 2.75) is 12.5 Å². The number of carboxylic acid groups (broad SMARTS) is 1. The Morgan fingerprint density at radius 1 is 1.41 bits per heavy atom. The van der Waals surface area contributed by atoms with Gasteiger partial charge >= 0.3 is 5.97 Å². The van der Waals surface area contributed by atoms with Gasteiger partial charge in [-0.05, 0) is 23.8 Å². The molecule has 0 bridgehead atoms. The summed E-state index contributed by atoms with van der Waals surface area (Å²) >= 11 is 0. The number of phenols is 1. The standard InChI is InChI=1S/C12H12N2O3/c15-10-4-1-3-9(7-10)11(12(16)17)8-14-6-2-5-13-14/h1-7,11,15H,8H2,(H,16,17). The van der Waals surface area contributed by atoms with Gasteiger partial charge in [0, 0.05) is 12.4 Å². The van der Waals surface area contributed by atoms with E-state index in [0.29, 0.717) is 5.56 Å². The zero-order chi connectivity index (χ0) is 12.3. The molecule has 1 heterocycles. The molecule has 2 aromatic rings. The Bertz CT molecular complexity index is 508. The van der Waals surface area contributed by atoms with Crippen LogP contribution in [0.5, 0.6) is 5.75 Å². The number of rotatable bonds is 4. The van der Waals surface area contributed by atoms with Crippen molar-refractivity contribution in [3.8, 4) is 5.75 Å². The number of benzene rings is 1. The molecule has 1 aromatic carbocycles. The van der Waals surface area contributed by atoms with Gasteiger partial charge in [-0.3, -0.25) is 9.48 Å². The van der Waals surface area contributed by atoms with E-state index in [1.165, 1.54) is 12.1 Å². The first kappa shape index (κ1) is 11.2. The molecule has 2 N–H and O–H groups in total. The van der Waals surface area contributed by atoms with Crippen LogP contribution in [-0.4, -0.2) is 26.0 Å². The SMILES string of the molecule is O=C(O)C(Cn1cccn1)c1cccc(O)c1. The van der Waals surface area contributed by atoms with E-state index in [1.54, 1.807) is 35.3 Å². The van der Waals surface area contributed by atoms with E-state index in [0.717, 1.165) is 0 Å². The van der Waals surface area contributed by atoms with E-state index in [2.05, 4.69) is 5.10 Å². The summed E-state index contributed by atoms with van der Waals surface area (Å²) in [6.07, 6.45) is 3.31. The van der Waals surface area contributed by atoms with E-state index in [-0.39, 0.29) is 12.3 Å². The molecule has 0 radical (unpaired) electrons. The second-order valence-electron chi connectivity index (χ2n) is 3.71. The van der Waals surface area contributed by atoms with Gasteiger partial charge < -0.3 is 10.2 Å². The molecule has 0 aliphatic rings. The van der Waals surface area contributed by atoms with Crippen LogP contribution in [0.25, 0.3) is 0 Å². The van der Waals surface area contributed by atoms with E-state index in [1.807, 2.05) is 0 Å². The third-order valence-corrected chi connectivity index (χ3v) is 2.50. The summed E-state index contributed by atoms with van der Waals surface area (Å²) in [6.45, 7) is 0.242. The second kappa shape index (κ2) is 4.69. The summed E-state index contributed by atoms with van der Waals surface area (Å²) < 4.78 is 1.56. The fourth-order valence-electron chi connectivity index (χ4n) is 1.66. The van der Waals surface area contributed by atoms with Crippen LogP contribution in [0.2, 0.25) is 0 Å². The minimum atomic E-state index is -0.939. The summed E-state index contributed by atoms with van der Waals surface area (Å²) in [6, 6.07) is 8.02. The third-order valence-electron chi connectivity index (χ3n) is 2.50. The molecular formula is C12H12N2O3. The van der Waals surface area contributed by atoms with Crippen molar-refractivity contribution in [1.82, 2.24) is 9.78 Å². The Hall–Kier alpha value is -2.30. The van der Waals surface area contributed by atoms with Crippen LogP contribution >= 0.6 is 0 Å². The van der Waals surface area contributed by atoms with E-state index in [9.17, 15) is 15.0 Å². The highest BCUT2D eigenvalue weighted by Gasteiger charge is 2.20. The summed E-state index contributed by atoms with van der Waals surface area (Å²) in [5.74, 6) is -1.60. The maximum Gasteiger partial charge on any atom is 0.312 e. The molecule has 2 rings (SSSR count). The van der Waals surface area contributed by atoms with Crippen LogP contribution in [0.1, 0.15) is 11.5 Å². The lowest BCUT2D eigenvalue weighted by atomic mass is 9.99. The number of hydrogen-bond donors (Lipinski definition) is 2. The minimum absolute atomic E-state index is 0.0641. The summed E-state index contributed by atoms with van der Waals surface area (Å²) in [5, 5.41) is 22.5. The van der Waals surface area contributed by atoms with Gasteiger partial charge in [-0.15, -0.1) is 0 Å². The highest BCUT2D eigenvalue weighted by Crippen LogP contribution is 2.21. The van der Waals surface area contributed by atoms with Crippen molar-refractivity contribution in [2.75, 3.05) is 0 Å². The highest BCUT2D eigenvalue weighted by molar-refractivity contribution is 5.76. The van der Waals surface area contributed by atoms with Crippen LogP contribution in [0.3, 0.4) is 0 Å². The molecule has 1 atom stereocenters. The molecule has 0 aliphatic heterocycles. The molecule has 88 valence electrons. The number of phenolic OH excluding ortho intramolecular Hbond substituents is 1. The topological polar surface area (TPSA) is 75.3 Å². The van der Waals surface area contributed by atoms with Crippen LogP contribution < -0.4 is 0 Å². The lowest BCUT2D eigenvalue weighted by Crippen LogP contribution is -2.18. The van der Waals surface area contributed by atoms with Crippen LogP contribution in [0.4, 0.5) is 0 Å². The monoisotopic (exact) mass is 232 g/mol. The van der Waals surface area contributed by atoms with Crippen molar-refractivity contribution in [1.29, 1.82) is 0 Å². The predicted molar refractivity (Wildman–Crippen MR) is 60.7 cm³/mol. The fourth-order valence-corrected chi connectivity index (χ4v) is 1.66. The van der Waals surface area contributed by atoms with Crippen molar-refractivity contribution >= 4 is 5.97 Å². The van der Waals surface area contributed by atoms with Gasteiger partial charge in [-0.1, -0.05) is 12.1 Å². The van der Waals surface area contributed by atoms with Crippen LogP contribution in [0.15, 0.2) is 42.7 Å². The lowest BCUT2D eigenvalue weighted by Gasteiger charge is -2.13. The van der Waals surface area contributed by atoms with Crippen molar-refractivity contribution < 1.29 is 15.0 Å². The quantitative estimate of drug-likeness (QED) is 0.836. The third kappa shape index (κ3) is 2.63. The molecule has 1 aromatic heterocycles. The van der Waals surface area contributed by atoms with Crippen molar-refractivity contribution in [3.05, 3.63) is 48.3 Å². The van der Waals surface area contributed by atoms with Gasteiger partial charge in [-0.2, -0.15) is 5.10 Å². The average Bonchev–Trinajstić information content (AvgIpc) is 2.78. The van der Waals surface area contributed by atoms with Crippen molar-refractivity contribution in [3.63, 3.8) is 0 Å². The smallest absolute Gasteiger partial charge is 0.312 e. The average molecular weight is 232 g/mol. The molecule has 17 heavy (non-hydrogen) atoms. The van der Waals surface area contributed by atoms with E-state index in [4.69, 9.17) is 0 Å². The molecule has 0 fully saturated rings. The largest absolute Gasteiger partial charge is 0.508 e. The maximum absolute atomic E-state index is 11.2. The van der Waals surface area contributed by atoms with Crippen LogP contribution in [-0.2, 0) is 11.3 Å². The Labute approximate surface area is 97.9 Å². The molecule has 5 nitrogen and oxygen atoms in total. The number of carboxylic acids is 1. The van der Waals surface area contributed by atoms with E-state index >= 15 is 0 Å². The minimum Gasteiger partial charge on any atom is -0.508 e. The maximum atomic E-state index is 11.2. The molecule has 0 spiro atoms. The van der Waals surface area contributed by atoms with Gasteiger partial charge in [0.25, 0.3) is 0 Å². The van der Waals surface area contributed by atoms with Gasteiger partial charge in [0.15, 0.2) is 0 Å². The molecule has 1 unspecified atom stereocenters. The number of hydrogen-bond acceptors (Lipinski definition) is 3. The second-order valence-corrected chi connectivity index (χ2v) is 3.71. The van der Waals surface area contributed by atoms with E-state index < -0.39 is 11.9 Å². The van der Waals surface area contributed by atoms with Crippen molar-refractivity contribution in [2.24, 2.45) is 0 Å². The fraction of sp³-hybridized carbons (Fsp3) is 0.167. The van der Waals surface area contributed by atoms with Gasteiger partial charge in [0.05, 0.1) is 6.54 Å². The zero-order valence-electron chi connectivity index (χ0n) is 9.02. The Balaban J connectivity index is 2.26. The molecule has 0 saturated carbocycles. The normalized spacial score (nSPS) is 12.2. The van der Waals surface area contributed by atoms with Gasteiger partial charge in [0.2, 0.25) is 0 Å². The van der Waals surface area contributed by atoms with Gasteiger partial charge in [-0.25, -0.2) is 0 Å². The Morgan fingerprint density at radius 2 is 2.24 bits per heavy atom. The Morgan fingerprint density at radius 3 is 2.82 bits per heavy atom. The number of carbonyl (C=O) groups is 1. The first-order chi connectivity index (χ1) is 8.16. The summed E-state index contributed by atoms with van der Waals surface area (Å²) in [5.41, 5.74) is 0.563. The molecule has 0 aliphatic carbocycles. The number of aliphatic carboxylic acids is 1. The number of aromatic nitrogens is 2. The highest BCUT2D eigenvalue weighted by atomic mass is 16.4. The lowest BCUT2D eigenvalue weighted by molar-refractivity contribution is -0.139. The van der Waals surface area contributed by atoms with Gasteiger partial charge in [0.1, 0.15) is 11.7 Å². The molecule has 0 saturated heterocycles. The number of aromatic hydroxyl groups is 1. The molecular weight excluding hydrogens is 220 g/mol.